The second-order valence-electron chi connectivity index (χ2n) is 9.59. The molecule has 0 unspecified atom stereocenters. The van der Waals surface area contributed by atoms with E-state index < -0.39 is 23.0 Å². The molecule has 2 aliphatic rings. The Morgan fingerprint density at radius 3 is 2.64 bits per heavy atom. The van der Waals surface area contributed by atoms with Crippen LogP contribution in [0.15, 0.2) is 47.2 Å². The van der Waals surface area contributed by atoms with E-state index >= 15 is 0 Å². The van der Waals surface area contributed by atoms with Crippen LogP contribution in [0.2, 0.25) is 5.02 Å². The van der Waals surface area contributed by atoms with Crippen LogP contribution in [0.3, 0.4) is 0 Å². The van der Waals surface area contributed by atoms with Crippen molar-refractivity contribution in [3.05, 3.63) is 73.5 Å². The number of pyridine rings is 1. The van der Waals surface area contributed by atoms with Gasteiger partial charge in [0.1, 0.15) is 18.4 Å². The topological polar surface area (TPSA) is 147 Å². The Morgan fingerprint density at radius 2 is 1.92 bits per heavy atom. The molecule has 5 rings (SSSR count). The Labute approximate surface area is 236 Å². The van der Waals surface area contributed by atoms with E-state index in [1.165, 1.54) is 18.3 Å². The van der Waals surface area contributed by atoms with Gasteiger partial charge < -0.3 is 15.7 Å². The largest absolute Gasteiger partial charge is 0.389 e. The number of nitro groups is 1. The number of nitrogens with one attached hydrogen (secondary N) is 2. The van der Waals surface area contributed by atoms with Crippen molar-refractivity contribution < 1.29 is 24.5 Å². The number of halogens is 2. The highest BCUT2D eigenvalue weighted by Gasteiger charge is 2.35. The van der Waals surface area contributed by atoms with Crippen molar-refractivity contribution in [3.8, 4) is 0 Å². The Morgan fingerprint density at radius 1 is 1.15 bits per heavy atom. The van der Waals surface area contributed by atoms with Crippen LogP contribution in [0, 0.1) is 10.1 Å². The Kier molecular flexibility index (Phi) is 7.98. The molecule has 0 bridgehead atoms. The van der Waals surface area contributed by atoms with Crippen molar-refractivity contribution in [1.82, 2.24) is 15.4 Å². The number of aliphatic hydroxyl groups excluding tert-OH is 1. The summed E-state index contributed by atoms with van der Waals surface area (Å²) in [6, 6.07) is 7.25. The highest BCUT2D eigenvalue weighted by molar-refractivity contribution is 9.10. The highest BCUT2D eigenvalue weighted by Crippen LogP contribution is 2.36. The van der Waals surface area contributed by atoms with Gasteiger partial charge in [-0.05, 0) is 36.4 Å². The van der Waals surface area contributed by atoms with Gasteiger partial charge in [0.2, 0.25) is 0 Å². The average Bonchev–Trinajstić information content (AvgIpc) is 3.35. The smallest absolute Gasteiger partial charge is 0.294 e. The predicted octanol–water partition coefficient (Wildman–Crippen LogP) is 4.46. The van der Waals surface area contributed by atoms with Gasteiger partial charge in [-0.1, -0.05) is 46.4 Å². The van der Waals surface area contributed by atoms with Crippen LogP contribution in [-0.4, -0.2) is 63.2 Å². The van der Waals surface area contributed by atoms with Crippen LogP contribution in [0.4, 0.5) is 11.4 Å². The number of carbonyl (C=O) groups excluding carboxylic acids is 2. The molecule has 13 heteroatoms. The quantitative estimate of drug-likeness (QED) is 0.271. The van der Waals surface area contributed by atoms with Crippen LogP contribution in [0.1, 0.15) is 46.4 Å². The summed E-state index contributed by atoms with van der Waals surface area (Å²) in [5, 5.41) is 31.1. The minimum absolute atomic E-state index is 0.0240. The molecular weight excluding hydrogens is 594 g/mol. The number of benzene rings is 2. The lowest BCUT2D eigenvalue weighted by molar-refractivity contribution is -0.384. The lowest BCUT2D eigenvalue weighted by Gasteiger charge is -2.34. The van der Waals surface area contributed by atoms with E-state index in [1.807, 2.05) is 0 Å². The number of β-amino-alcohol motifs (C(OH)–C–C–N with tert-alkyl or cyclic N) is 1. The fourth-order valence-corrected chi connectivity index (χ4v) is 5.67. The minimum atomic E-state index is -0.843. The zero-order valence-corrected chi connectivity index (χ0v) is 22.9. The van der Waals surface area contributed by atoms with Gasteiger partial charge in [-0.25, -0.2) is 5.06 Å². The van der Waals surface area contributed by atoms with Crippen molar-refractivity contribution in [3.63, 3.8) is 0 Å². The summed E-state index contributed by atoms with van der Waals surface area (Å²) in [4.78, 5) is 47.6. The van der Waals surface area contributed by atoms with Gasteiger partial charge in [-0.15, -0.1) is 0 Å². The number of nitrogens with zero attached hydrogens (tertiary/aromatic N) is 3. The number of hydroxylamine groups is 2. The number of anilines is 1. The van der Waals surface area contributed by atoms with E-state index in [1.54, 1.807) is 24.4 Å². The second kappa shape index (κ2) is 11.4. The molecule has 204 valence electrons. The molecule has 1 aliphatic carbocycles. The van der Waals surface area contributed by atoms with Gasteiger partial charge in [-0.2, -0.15) is 0 Å². The zero-order valence-electron chi connectivity index (χ0n) is 20.6. The van der Waals surface area contributed by atoms with Crippen LogP contribution in [-0.2, 0) is 4.84 Å². The lowest BCUT2D eigenvalue weighted by Crippen LogP contribution is -2.49. The molecule has 2 amide bonds. The van der Waals surface area contributed by atoms with Gasteiger partial charge in [-0.3, -0.25) is 29.5 Å². The van der Waals surface area contributed by atoms with Gasteiger partial charge in [0, 0.05) is 45.4 Å². The molecule has 3 N–H and O–H groups in total. The number of amides is 2. The van der Waals surface area contributed by atoms with Crippen molar-refractivity contribution in [1.29, 1.82) is 0 Å². The van der Waals surface area contributed by atoms with E-state index in [4.69, 9.17) is 16.4 Å². The van der Waals surface area contributed by atoms with E-state index in [-0.39, 0.29) is 42.0 Å². The summed E-state index contributed by atoms with van der Waals surface area (Å²) < 4.78 is 0.347. The van der Waals surface area contributed by atoms with Crippen molar-refractivity contribution in [2.75, 3.05) is 18.5 Å². The number of hydrogen-bond donors (Lipinski definition) is 3. The molecule has 2 fully saturated rings. The van der Waals surface area contributed by atoms with Crippen LogP contribution in [0.5, 0.6) is 0 Å². The van der Waals surface area contributed by atoms with Crippen LogP contribution in [0.25, 0.3) is 10.8 Å². The van der Waals surface area contributed by atoms with Gasteiger partial charge in [0.15, 0.2) is 0 Å². The first-order valence-corrected chi connectivity index (χ1v) is 13.6. The monoisotopic (exact) mass is 617 g/mol. The Balaban J connectivity index is 1.44. The number of nitro benzene ring substituents is 1. The molecule has 1 saturated heterocycles. The number of fused-ring (bicyclic) bond motifs is 1. The van der Waals surface area contributed by atoms with E-state index in [0.717, 1.165) is 23.3 Å². The molecule has 11 nitrogen and oxygen atoms in total. The normalized spacial score (nSPS) is 21.1. The van der Waals surface area contributed by atoms with Gasteiger partial charge in [0.05, 0.1) is 22.6 Å². The van der Waals surface area contributed by atoms with Crippen molar-refractivity contribution >= 4 is 61.5 Å². The Bertz CT molecular complexity index is 1460. The standard InChI is InChI=1S/C26H25BrClN5O6/c27-15-8-19(26(36)32-12-17(34)13-39-32)24(23(9-15)33(37)38)30-21-3-1-2-4-22(21)31-25(35)20-11-29-10-14-7-16(28)5-6-18(14)20/h5-11,17,21-22,30,34H,1-4,12-13H2,(H,31,35)/t17-,21-,22+/m1/s1. The highest BCUT2D eigenvalue weighted by atomic mass is 79.9. The average molecular weight is 619 g/mol. The second-order valence-corrected chi connectivity index (χ2v) is 10.9. The SMILES string of the molecule is O=C(N[C@H]1CCCC[C@H]1Nc1c(C(=O)N2C[C@@H](O)CO2)cc(Br)cc1[N+](=O)[O-])c1cncc2cc(Cl)ccc12. The van der Waals surface area contributed by atoms with Crippen molar-refractivity contribution in [2.45, 2.75) is 43.9 Å². The molecule has 0 radical (unpaired) electrons. The third kappa shape index (κ3) is 5.83. The third-order valence-corrected chi connectivity index (χ3v) is 7.61. The van der Waals surface area contributed by atoms with Crippen molar-refractivity contribution in [2.24, 2.45) is 0 Å². The summed E-state index contributed by atoms with van der Waals surface area (Å²) in [5.41, 5.74) is 0.156. The van der Waals surface area contributed by atoms with Crippen LogP contribution >= 0.6 is 27.5 Å². The first-order valence-electron chi connectivity index (χ1n) is 12.4. The number of carbonyl (C=O) groups is 2. The lowest BCUT2D eigenvalue weighted by atomic mass is 9.89. The van der Waals surface area contributed by atoms with E-state index in [0.29, 0.717) is 33.3 Å². The molecule has 1 saturated carbocycles. The van der Waals surface area contributed by atoms with Gasteiger partial charge in [0.25, 0.3) is 17.5 Å². The molecule has 2 heterocycles. The first-order chi connectivity index (χ1) is 18.7. The summed E-state index contributed by atoms with van der Waals surface area (Å²) in [6.45, 7) is -0.0957. The predicted molar refractivity (Wildman–Crippen MR) is 148 cm³/mol. The van der Waals surface area contributed by atoms with Gasteiger partial charge >= 0.3 is 0 Å². The molecule has 39 heavy (non-hydrogen) atoms. The summed E-state index contributed by atoms with van der Waals surface area (Å²) >= 11 is 9.36. The molecule has 1 aliphatic heterocycles. The third-order valence-electron chi connectivity index (χ3n) is 6.91. The Hall–Kier alpha value is -3.32. The fraction of sp³-hybridized carbons (Fsp3) is 0.346. The van der Waals surface area contributed by atoms with E-state index in [2.05, 4.69) is 31.5 Å². The van der Waals surface area contributed by atoms with E-state index in [9.17, 15) is 24.8 Å². The fourth-order valence-electron chi connectivity index (χ4n) is 5.04. The summed E-state index contributed by atoms with van der Waals surface area (Å²) in [5.74, 6) is -0.939. The summed E-state index contributed by atoms with van der Waals surface area (Å²) in [6.07, 6.45) is 5.25. The number of hydrogen-bond acceptors (Lipinski definition) is 8. The molecule has 2 aromatic carbocycles. The number of aliphatic hydroxyl groups is 1. The first kappa shape index (κ1) is 27.3. The molecule has 1 aromatic heterocycles. The number of aromatic nitrogens is 1. The maximum absolute atomic E-state index is 13.4. The maximum Gasteiger partial charge on any atom is 0.294 e. The molecule has 0 spiro atoms. The molecular formula is C26H25BrClN5O6. The summed E-state index contributed by atoms with van der Waals surface area (Å²) in [7, 11) is 0. The minimum Gasteiger partial charge on any atom is -0.389 e. The number of rotatable bonds is 6. The molecule has 3 atom stereocenters. The van der Waals surface area contributed by atoms with Crippen LogP contribution < -0.4 is 10.6 Å². The molecule has 3 aromatic rings. The maximum atomic E-state index is 13.4. The zero-order chi connectivity index (χ0) is 27.7.